The second kappa shape index (κ2) is 15.7. The highest BCUT2D eigenvalue weighted by Gasteiger charge is 2.07. The smallest absolute Gasteiger partial charge is 0.0267 e. The van der Waals surface area contributed by atoms with Crippen LogP contribution in [0.2, 0.25) is 0 Å². The Labute approximate surface area is 215 Å². The monoisotopic (exact) mass is 467 g/mol. The largest absolute Gasteiger partial charge is 0.265 e. The van der Waals surface area contributed by atoms with Crippen LogP contribution < -0.4 is 0 Å². The molecule has 0 aliphatic rings. The van der Waals surface area contributed by atoms with Gasteiger partial charge in [0, 0.05) is 12.4 Å². The van der Waals surface area contributed by atoms with E-state index in [1.165, 1.54) is 55.6 Å². The Morgan fingerprint density at radius 3 is 0.914 bits per heavy atom. The second-order valence-electron chi connectivity index (χ2n) is 8.92. The van der Waals surface area contributed by atoms with Crippen molar-refractivity contribution < 1.29 is 0 Å². The summed E-state index contributed by atoms with van der Waals surface area (Å²) >= 11 is 0. The molecule has 1 heteroatoms. The molecule has 186 valence electrons. The van der Waals surface area contributed by atoms with Crippen molar-refractivity contribution in [3.8, 4) is 0 Å². The van der Waals surface area contributed by atoms with Crippen molar-refractivity contribution in [3.05, 3.63) is 135 Å². The molecule has 1 heterocycles. The summed E-state index contributed by atoms with van der Waals surface area (Å²) in [4.78, 5) is 3.78. The predicted molar refractivity (Wildman–Crippen MR) is 156 cm³/mol. The molecule has 0 atom stereocenters. The Morgan fingerprint density at radius 2 is 0.714 bits per heavy atom. The van der Waals surface area contributed by atoms with E-state index in [4.69, 9.17) is 0 Å². The maximum atomic E-state index is 3.78. The summed E-state index contributed by atoms with van der Waals surface area (Å²) < 4.78 is 0. The van der Waals surface area contributed by atoms with Gasteiger partial charge in [0.1, 0.15) is 0 Å². The molecule has 0 aliphatic carbocycles. The van der Waals surface area contributed by atoms with Gasteiger partial charge in [0.2, 0.25) is 0 Å². The third kappa shape index (κ3) is 9.91. The Hall–Kier alpha value is -3.19. The zero-order valence-electron chi connectivity index (χ0n) is 23.7. The predicted octanol–water partition coefficient (Wildman–Crippen LogP) is 9.54. The van der Waals surface area contributed by atoms with E-state index in [0.717, 1.165) is 6.42 Å². The van der Waals surface area contributed by atoms with Crippen molar-refractivity contribution in [3.63, 3.8) is 0 Å². The quantitative estimate of drug-likeness (QED) is 0.286. The molecule has 4 aromatic rings. The lowest BCUT2D eigenvalue weighted by Gasteiger charge is -2.15. The minimum atomic E-state index is 1.03. The van der Waals surface area contributed by atoms with Gasteiger partial charge in [0.05, 0.1) is 0 Å². The summed E-state index contributed by atoms with van der Waals surface area (Å²) in [5.74, 6) is 0. The number of aromatic nitrogens is 1. The number of rotatable bonds is 2. The van der Waals surface area contributed by atoms with Crippen molar-refractivity contribution in [2.75, 3.05) is 0 Å². The first kappa shape index (κ1) is 29.8. The molecule has 1 nitrogen and oxygen atoms in total. The SMILES string of the molecule is CC.Cc1c(C)c(C)c(C)c(C)c1C.Cc1ccc(Cc2ccc(C)cc2)cc1.c1ccncc1. The standard InChI is InChI=1S/C15H16.C12H18.C5H5N.C2H6/c1-12-3-7-14(8-4-12)11-15-9-5-13(2)6-10-15;1-7-8(2)10(4)12(6)11(5)9(7)3;1-2-4-6-5-3-1;1-2/h3-10H,11H2,1-2H3;1-6H3;1-5H;1-2H3. The van der Waals surface area contributed by atoms with Gasteiger partial charge in [-0.25, -0.2) is 0 Å². The molecule has 0 aliphatic heterocycles. The van der Waals surface area contributed by atoms with Gasteiger partial charge < -0.3 is 0 Å². The van der Waals surface area contributed by atoms with Crippen LogP contribution in [0.5, 0.6) is 0 Å². The highest BCUT2D eigenvalue weighted by atomic mass is 14.6. The van der Waals surface area contributed by atoms with Gasteiger partial charge in [-0.3, -0.25) is 4.98 Å². The van der Waals surface area contributed by atoms with E-state index in [1.54, 1.807) is 12.4 Å². The second-order valence-corrected chi connectivity index (χ2v) is 8.92. The van der Waals surface area contributed by atoms with Crippen molar-refractivity contribution in [1.29, 1.82) is 0 Å². The zero-order valence-corrected chi connectivity index (χ0v) is 23.7. The van der Waals surface area contributed by atoms with Crippen LogP contribution in [0.3, 0.4) is 0 Å². The zero-order chi connectivity index (χ0) is 26.4. The summed E-state index contributed by atoms with van der Waals surface area (Å²) in [5.41, 5.74) is 14.1. The van der Waals surface area contributed by atoms with Crippen LogP contribution in [0.4, 0.5) is 0 Å². The maximum Gasteiger partial charge on any atom is 0.0267 e. The van der Waals surface area contributed by atoms with Gasteiger partial charge >= 0.3 is 0 Å². The average Bonchev–Trinajstić information content (AvgIpc) is 2.91. The highest BCUT2D eigenvalue weighted by molar-refractivity contribution is 5.48. The van der Waals surface area contributed by atoms with Crippen LogP contribution in [-0.4, -0.2) is 4.98 Å². The molecule has 0 spiro atoms. The number of hydrogen-bond acceptors (Lipinski definition) is 1. The van der Waals surface area contributed by atoms with Gasteiger partial charge in [0.15, 0.2) is 0 Å². The summed E-state index contributed by atoms with van der Waals surface area (Å²) in [6, 6.07) is 23.2. The molecule has 0 saturated heterocycles. The van der Waals surface area contributed by atoms with Crippen molar-refractivity contribution in [1.82, 2.24) is 4.98 Å². The molecule has 0 fully saturated rings. The van der Waals surface area contributed by atoms with Gasteiger partial charge in [-0.15, -0.1) is 0 Å². The maximum absolute atomic E-state index is 3.78. The van der Waals surface area contributed by atoms with E-state index in [9.17, 15) is 0 Å². The van der Waals surface area contributed by atoms with Gasteiger partial charge in [-0.1, -0.05) is 79.6 Å². The average molecular weight is 468 g/mol. The minimum Gasteiger partial charge on any atom is -0.265 e. The van der Waals surface area contributed by atoms with Crippen LogP contribution in [0.15, 0.2) is 79.1 Å². The molecule has 35 heavy (non-hydrogen) atoms. The van der Waals surface area contributed by atoms with Crippen LogP contribution in [0.25, 0.3) is 0 Å². The number of hydrogen-bond donors (Lipinski definition) is 0. The first-order valence-electron chi connectivity index (χ1n) is 12.7. The molecule has 0 unspecified atom stereocenters. The van der Waals surface area contributed by atoms with Crippen LogP contribution in [-0.2, 0) is 6.42 Å². The molecule has 4 rings (SSSR count). The summed E-state index contributed by atoms with van der Waals surface area (Å²) in [6.45, 7) is 21.5. The van der Waals surface area contributed by atoms with Crippen molar-refractivity contribution in [2.24, 2.45) is 0 Å². The fourth-order valence-electron chi connectivity index (χ4n) is 3.65. The van der Waals surface area contributed by atoms with E-state index < -0.39 is 0 Å². The fraction of sp³-hybridized carbons (Fsp3) is 0.324. The molecule has 0 saturated carbocycles. The Kier molecular flexibility index (Phi) is 13.4. The molecule has 0 N–H and O–H groups in total. The van der Waals surface area contributed by atoms with E-state index >= 15 is 0 Å². The van der Waals surface area contributed by atoms with E-state index in [-0.39, 0.29) is 0 Å². The lowest BCUT2D eigenvalue weighted by Crippen LogP contribution is -1.98. The third-order valence-corrected chi connectivity index (χ3v) is 6.59. The number of nitrogens with zero attached hydrogens (tertiary/aromatic N) is 1. The number of benzene rings is 3. The van der Waals surface area contributed by atoms with Crippen LogP contribution in [0, 0.1) is 55.4 Å². The van der Waals surface area contributed by atoms with Crippen molar-refractivity contribution in [2.45, 2.75) is 75.7 Å². The molecule has 3 aromatic carbocycles. The topological polar surface area (TPSA) is 12.9 Å². The molecule has 1 aromatic heterocycles. The normalized spacial score (nSPS) is 9.54. The Balaban J connectivity index is 0.000000273. The van der Waals surface area contributed by atoms with Crippen molar-refractivity contribution >= 4 is 0 Å². The lowest BCUT2D eigenvalue weighted by molar-refractivity contribution is 1.13. The van der Waals surface area contributed by atoms with Crippen LogP contribution >= 0.6 is 0 Å². The Morgan fingerprint density at radius 1 is 0.429 bits per heavy atom. The molecule has 0 bridgehead atoms. The van der Waals surface area contributed by atoms with Gasteiger partial charge in [-0.2, -0.15) is 0 Å². The van der Waals surface area contributed by atoms with E-state index in [2.05, 4.69) is 109 Å². The summed E-state index contributed by atoms with van der Waals surface area (Å²) in [6.07, 6.45) is 4.53. The number of pyridine rings is 1. The molecule has 0 radical (unpaired) electrons. The highest BCUT2D eigenvalue weighted by Crippen LogP contribution is 2.24. The van der Waals surface area contributed by atoms with E-state index in [0.29, 0.717) is 0 Å². The molecular formula is C34H45N. The first-order valence-corrected chi connectivity index (χ1v) is 12.7. The van der Waals surface area contributed by atoms with Crippen LogP contribution in [0.1, 0.15) is 69.5 Å². The molecule has 0 amide bonds. The fourth-order valence-corrected chi connectivity index (χ4v) is 3.65. The lowest BCUT2D eigenvalue weighted by atomic mass is 9.90. The van der Waals surface area contributed by atoms with Gasteiger partial charge in [0.25, 0.3) is 0 Å². The summed E-state index contributed by atoms with van der Waals surface area (Å²) in [7, 11) is 0. The van der Waals surface area contributed by atoms with E-state index in [1.807, 2.05) is 32.0 Å². The summed E-state index contributed by atoms with van der Waals surface area (Å²) in [5, 5.41) is 0. The molecular weight excluding hydrogens is 422 g/mol. The minimum absolute atomic E-state index is 1.03. The first-order chi connectivity index (χ1) is 16.7. The third-order valence-electron chi connectivity index (χ3n) is 6.59. The Bertz CT molecular complexity index is 947. The van der Waals surface area contributed by atoms with Gasteiger partial charge in [-0.05, 0) is 118 Å². The number of aryl methyl sites for hydroxylation is 2.